The van der Waals surface area contributed by atoms with E-state index in [1.54, 1.807) is 12.1 Å². The number of halogens is 1. The Morgan fingerprint density at radius 3 is 2.68 bits per heavy atom. The number of methoxy groups -OCH3 is 1. The van der Waals surface area contributed by atoms with Crippen molar-refractivity contribution < 1.29 is 19.4 Å². The number of unbranched alkanes of at least 4 members (excludes halogenated alkanes) is 2. The third kappa shape index (κ3) is 6.64. The maximum Gasteiger partial charge on any atom is 0.338 e. The number of amides is 3. The fourth-order valence-corrected chi connectivity index (χ4v) is 1.87. The number of aliphatic hydroxyl groups excluding tert-OH is 1. The molecule has 0 radical (unpaired) electrons. The molecule has 0 spiro atoms. The van der Waals surface area contributed by atoms with E-state index in [-0.39, 0.29) is 18.9 Å². The van der Waals surface area contributed by atoms with Crippen molar-refractivity contribution in [1.29, 1.82) is 0 Å². The molecule has 1 aromatic carbocycles. The van der Waals surface area contributed by atoms with Crippen LogP contribution < -0.4 is 20.9 Å². The van der Waals surface area contributed by atoms with Crippen LogP contribution >= 0.6 is 11.6 Å². The zero-order valence-corrected chi connectivity index (χ0v) is 13.1. The third-order valence-corrected chi connectivity index (χ3v) is 3.02. The normalized spacial score (nSPS) is 9.95. The van der Waals surface area contributed by atoms with E-state index in [9.17, 15) is 9.59 Å². The van der Waals surface area contributed by atoms with Gasteiger partial charge in [0.05, 0.1) is 12.8 Å². The van der Waals surface area contributed by atoms with Gasteiger partial charge in [-0.2, -0.15) is 0 Å². The van der Waals surface area contributed by atoms with Gasteiger partial charge < -0.3 is 15.2 Å². The van der Waals surface area contributed by atoms with Crippen molar-refractivity contribution in [3.05, 3.63) is 23.2 Å². The summed E-state index contributed by atoms with van der Waals surface area (Å²) in [5.74, 6) is 0.154. The molecule has 0 saturated carbocycles. The SMILES string of the molecule is COc1ccc(Cl)cc1NC(=O)NNC(=O)CCCCCO. The van der Waals surface area contributed by atoms with Gasteiger partial charge in [-0.3, -0.25) is 10.2 Å². The van der Waals surface area contributed by atoms with E-state index < -0.39 is 6.03 Å². The quantitative estimate of drug-likeness (QED) is 0.454. The van der Waals surface area contributed by atoms with Gasteiger partial charge in [0.1, 0.15) is 5.75 Å². The largest absolute Gasteiger partial charge is 0.495 e. The highest BCUT2D eigenvalue weighted by molar-refractivity contribution is 6.31. The molecule has 122 valence electrons. The number of ether oxygens (including phenoxy) is 1. The van der Waals surface area contributed by atoms with Crippen LogP contribution in [0.3, 0.4) is 0 Å². The van der Waals surface area contributed by atoms with Crippen LogP contribution in [0.15, 0.2) is 18.2 Å². The van der Waals surface area contributed by atoms with Crippen LogP contribution in [0.4, 0.5) is 10.5 Å². The van der Waals surface area contributed by atoms with Crippen molar-refractivity contribution in [3.63, 3.8) is 0 Å². The number of carbonyl (C=O) groups is 2. The maximum atomic E-state index is 11.7. The molecule has 0 unspecified atom stereocenters. The second-order valence-electron chi connectivity index (χ2n) is 4.51. The van der Waals surface area contributed by atoms with Crippen LogP contribution in [0, 0.1) is 0 Å². The lowest BCUT2D eigenvalue weighted by Gasteiger charge is -2.12. The molecule has 8 heteroatoms. The number of benzene rings is 1. The van der Waals surface area contributed by atoms with Crippen LogP contribution in [0.1, 0.15) is 25.7 Å². The summed E-state index contributed by atoms with van der Waals surface area (Å²) in [7, 11) is 1.47. The van der Waals surface area contributed by atoms with E-state index in [2.05, 4.69) is 16.2 Å². The van der Waals surface area contributed by atoms with Crippen LogP contribution in [0.25, 0.3) is 0 Å². The smallest absolute Gasteiger partial charge is 0.338 e. The summed E-state index contributed by atoms with van der Waals surface area (Å²) >= 11 is 5.85. The van der Waals surface area contributed by atoms with E-state index in [0.29, 0.717) is 29.3 Å². The van der Waals surface area contributed by atoms with Gasteiger partial charge in [0.15, 0.2) is 0 Å². The minimum Gasteiger partial charge on any atom is -0.495 e. The summed E-state index contributed by atoms with van der Waals surface area (Å²) in [6.07, 6.45) is 2.35. The Labute approximate surface area is 134 Å². The number of carbonyl (C=O) groups excluding carboxylic acids is 2. The molecule has 0 aliphatic heterocycles. The minimum absolute atomic E-state index is 0.115. The summed E-state index contributed by atoms with van der Waals surface area (Å²) in [4.78, 5) is 23.2. The Morgan fingerprint density at radius 1 is 1.23 bits per heavy atom. The zero-order valence-electron chi connectivity index (χ0n) is 12.3. The second kappa shape index (κ2) is 9.86. The summed E-state index contributed by atoms with van der Waals surface area (Å²) < 4.78 is 5.09. The Bertz CT molecular complexity index is 511. The number of urea groups is 1. The number of nitrogens with one attached hydrogen (secondary N) is 3. The van der Waals surface area contributed by atoms with Gasteiger partial charge in [0.2, 0.25) is 5.91 Å². The van der Waals surface area contributed by atoms with Crippen LogP contribution in [0.5, 0.6) is 5.75 Å². The molecule has 0 heterocycles. The first-order valence-corrected chi connectivity index (χ1v) is 7.25. The van der Waals surface area contributed by atoms with E-state index in [1.165, 1.54) is 13.2 Å². The van der Waals surface area contributed by atoms with Gasteiger partial charge in [0, 0.05) is 18.1 Å². The minimum atomic E-state index is -0.607. The van der Waals surface area contributed by atoms with E-state index in [1.807, 2.05) is 0 Å². The lowest BCUT2D eigenvalue weighted by molar-refractivity contribution is -0.121. The Balaban J connectivity index is 2.37. The molecule has 3 amide bonds. The second-order valence-corrected chi connectivity index (χ2v) is 4.94. The number of hydrogen-bond donors (Lipinski definition) is 4. The fraction of sp³-hybridized carbons (Fsp3) is 0.429. The maximum absolute atomic E-state index is 11.7. The van der Waals surface area contributed by atoms with Crippen molar-refractivity contribution in [2.45, 2.75) is 25.7 Å². The van der Waals surface area contributed by atoms with Gasteiger partial charge in [-0.15, -0.1) is 0 Å². The number of aliphatic hydroxyl groups is 1. The van der Waals surface area contributed by atoms with Gasteiger partial charge in [-0.05, 0) is 31.0 Å². The molecule has 1 aromatic rings. The molecular weight excluding hydrogens is 310 g/mol. The molecule has 0 aliphatic carbocycles. The van der Waals surface area contributed by atoms with Gasteiger partial charge in [-0.25, -0.2) is 10.2 Å². The summed E-state index contributed by atoms with van der Waals surface area (Å²) in [6, 6.07) is 4.19. The standard InChI is InChI=1S/C14H20ClN3O4/c1-22-12-7-6-10(15)9-11(12)16-14(21)18-17-13(20)5-3-2-4-8-19/h6-7,9,19H,2-5,8H2,1H3,(H,17,20)(H2,16,18,21). The first-order valence-electron chi connectivity index (χ1n) is 6.87. The number of rotatable bonds is 7. The molecule has 1 rings (SSSR count). The molecule has 0 aromatic heterocycles. The monoisotopic (exact) mass is 329 g/mol. The summed E-state index contributed by atoms with van der Waals surface area (Å²) in [5, 5.41) is 11.6. The summed E-state index contributed by atoms with van der Waals surface area (Å²) in [5.41, 5.74) is 4.93. The van der Waals surface area contributed by atoms with E-state index in [0.717, 1.165) is 6.42 Å². The van der Waals surface area contributed by atoms with E-state index in [4.69, 9.17) is 21.4 Å². The molecule has 0 atom stereocenters. The fourth-order valence-electron chi connectivity index (χ4n) is 1.69. The lowest BCUT2D eigenvalue weighted by atomic mass is 10.2. The molecule has 0 aliphatic rings. The van der Waals surface area contributed by atoms with Crippen molar-refractivity contribution in [2.24, 2.45) is 0 Å². The third-order valence-electron chi connectivity index (χ3n) is 2.79. The van der Waals surface area contributed by atoms with Crippen LogP contribution in [0.2, 0.25) is 5.02 Å². The number of anilines is 1. The first-order chi connectivity index (χ1) is 10.6. The van der Waals surface area contributed by atoms with E-state index >= 15 is 0 Å². The van der Waals surface area contributed by atoms with Crippen LogP contribution in [-0.4, -0.2) is 30.8 Å². The van der Waals surface area contributed by atoms with Gasteiger partial charge in [0.25, 0.3) is 0 Å². The highest BCUT2D eigenvalue weighted by atomic mass is 35.5. The average Bonchev–Trinajstić information content (AvgIpc) is 2.50. The Hall–Kier alpha value is -1.99. The van der Waals surface area contributed by atoms with Crippen molar-refractivity contribution in [3.8, 4) is 5.75 Å². The number of hydrazine groups is 1. The molecule has 7 nitrogen and oxygen atoms in total. The Morgan fingerprint density at radius 2 is 2.00 bits per heavy atom. The molecule has 0 bridgehead atoms. The van der Waals surface area contributed by atoms with Crippen molar-refractivity contribution in [2.75, 3.05) is 19.0 Å². The first kappa shape index (κ1) is 18.1. The van der Waals surface area contributed by atoms with Gasteiger partial charge in [-0.1, -0.05) is 18.0 Å². The number of hydrogen-bond acceptors (Lipinski definition) is 4. The summed E-state index contributed by atoms with van der Waals surface area (Å²) in [6.45, 7) is 0.115. The molecule has 0 saturated heterocycles. The lowest BCUT2D eigenvalue weighted by Crippen LogP contribution is -2.43. The molecule has 22 heavy (non-hydrogen) atoms. The highest BCUT2D eigenvalue weighted by Gasteiger charge is 2.09. The molecular formula is C14H20ClN3O4. The van der Waals surface area contributed by atoms with Crippen LogP contribution in [-0.2, 0) is 4.79 Å². The average molecular weight is 330 g/mol. The molecule has 4 N–H and O–H groups in total. The highest BCUT2D eigenvalue weighted by Crippen LogP contribution is 2.27. The molecule has 0 fully saturated rings. The Kier molecular flexibility index (Phi) is 8.09. The predicted octanol–water partition coefficient (Wildman–Crippen LogP) is 2.05. The predicted molar refractivity (Wildman–Crippen MR) is 83.9 cm³/mol. The zero-order chi connectivity index (χ0) is 16.4. The topological polar surface area (TPSA) is 99.7 Å². The van der Waals surface area contributed by atoms with Crippen molar-refractivity contribution >= 4 is 29.2 Å². The van der Waals surface area contributed by atoms with Crippen molar-refractivity contribution in [1.82, 2.24) is 10.9 Å². The van der Waals surface area contributed by atoms with Gasteiger partial charge >= 0.3 is 6.03 Å².